The van der Waals surface area contributed by atoms with Gasteiger partial charge in [0.25, 0.3) is 0 Å². The molecule has 0 aromatic heterocycles. The van der Waals surface area contributed by atoms with Crippen molar-refractivity contribution in [3.05, 3.63) is 58.3 Å². The van der Waals surface area contributed by atoms with Crippen molar-refractivity contribution in [1.29, 1.82) is 0 Å². The molecule has 2 rings (SSSR count). The molecule has 0 bridgehead atoms. The van der Waals surface area contributed by atoms with Gasteiger partial charge < -0.3 is 10.1 Å². The lowest BCUT2D eigenvalue weighted by atomic mass is 10.1. The lowest BCUT2D eigenvalue weighted by Crippen LogP contribution is -2.18. The van der Waals surface area contributed by atoms with E-state index >= 15 is 0 Å². The maximum atomic E-state index is 13.7. The van der Waals surface area contributed by atoms with Gasteiger partial charge in [-0.3, -0.25) is 0 Å². The van der Waals surface area contributed by atoms with Crippen molar-refractivity contribution >= 4 is 21.6 Å². The minimum atomic E-state index is -0.270. The van der Waals surface area contributed by atoms with Gasteiger partial charge in [0.2, 0.25) is 0 Å². The number of halogens is 2. The van der Waals surface area contributed by atoms with E-state index in [1.54, 1.807) is 19.2 Å². The minimum absolute atomic E-state index is 0.123. The summed E-state index contributed by atoms with van der Waals surface area (Å²) in [4.78, 5) is 0. The summed E-state index contributed by atoms with van der Waals surface area (Å²) in [6.45, 7) is 2.03. The van der Waals surface area contributed by atoms with Gasteiger partial charge in [0, 0.05) is 16.6 Å². The van der Waals surface area contributed by atoms with E-state index in [9.17, 15) is 4.39 Å². The third-order valence-electron chi connectivity index (χ3n) is 3.03. The summed E-state index contributed by atoms with van der Waals surface area (Å²) in [6, 6.07) is 13.0. The summed E-state index contributed by atoms with van der Waals surface area (Å²) < 4.78 is 19.9. The van der Waals surface area contributed by atoms with Gasteiger partial charge in [-0.25, -0.2) is 4.39 Å². The lowest BCUT2D eigenvalue weighted by molar-refractivity contribution is 0.414. The van der Waals surface area contributed by atoms with Crippen molar-refractivity contribution in [3.8, 4) is 5.75 Å². The first-order chi connectivity index (χ1) is 9.58. The average molecular weight is 338 g/mol. The third kappa shape index (κ3) is 3.97. The fraction of sp³-hybridized carbons (Fsp3) is 0.250. The molecule has 0 aliphatic carbocycles. The summed E-state index contributed by atoms with van der Waals surface area (Å²) in [5.41, 5.74) is 1.67. The zero-order chi connectivity index (χ0) is 14.5. The van der Waals surface area contributed by atoms with Crippen molar-refractivity contribution in [2.24, 2.45) is 0 Å². The van der Waals surface area contributed by atoms with Gasteiger partial charge in [-0.1, -0.05) is 28.1 Å². The molecule has 106 valence electrons. The first-order valence-corrected chi connectivity index (χ1v) is 7.22. The molecular weight excluding hydrogens is 321 g/mol. The molecule has 0 fully saturated rings. The molecule has 1 N–H and O–H groups in total. The van der Waals surface area contributed by atoms with Gasteiger partial charge >= 0.3 is 0 Å². The summed E-state index contributed by atoms with van der Waals surface area (Å²) in [5.74, 6) is 0.373. The molecule has 0 aliphatic rings. The molecule has 0 aliphatic heterocycles. The smallest absolute Gasteiger partial charge is 0.146 e. The maximum absolute atomic E-state index is 13.7. The highest BCUT2D eigenvalue weighted by Gasteiger charge is 2.08. The van der Waals surface area contributed by atoms with Crippen LogP contribution in [0.2, 0.25) is 0 Å². The van der Waals surface area contributed by atoms with Crippen LogP contribution in [0.3, 0.4) is 0 Å². The van der Waals surface area contributed by atoms with Crippen LogP contribution in [-0.4, -0.2) is 13.2 Å². The van der Waals surface area contributed by atoms with Crippen molar-refractivity contribution in [2.45, 2.75) is 19.4 Å². The molecule has 0 radical (unpaired) electrons. The first-order valence-electron chi connectivity index (χ1n) is 6.43. The van der Waals surface area contributed by atoms with E-state index in [2.05, 4.69) is 33.4 Å². The molecule has 1 atom stereocenters. The Morgan fingerprint density at radius 2 is 1.90 bits per heavy atom. The number of rotatable bonds is 5. The standard InChI is InChI=1S/C16H17BrFNO/c1-11(9-12-3-5-13(17)6-4-12)19-16-10-14(20-2)7-8-15(16)18/h3-8,10-11,19H,9H2,1-2H3. The summed E-state index contributed by atoms with van der Waals surface area (Å²) in [6.07, 6.45) is 0.823. The zero-order valence-corrected chi connectivity index (χ0v) is 13.1. The quantitative estimate of drug-likeness (QED) is 0.858. The van der Waals surface area contributed by atoms with E-state index in [4.69, 9.17) is 4.74 Å². The Hall–Kier alpha value is -1.55. The van der Waals surface area contributed by atoms with Crippen LogP contribution in [0.4, 0.5) is 10.1 Å². The highest BCUT2D eigenvalue weighted by Crippen LogP contribution is 2.22. The minimum Gasteiger partial charge on any atom is -0.497 e. The topological polar surface area (TPSA) is 21.3 Å². The largest absolute Gasteiger partial charge is 0.497 e. The van der Waals surface area contributed by atoms with Gasteiger partial charge in [0.1, 0.15) is 11.6 Å². The molecule has 4 heteroatoms. The normalized spacial score (nSPS) is 12.0. The number of benzene rings is 2. The third-order valence-corrected chi connectivity index (χ3v) is 3.56. The molecule has 0 saturated carbocycles. The number of hydrogen-bond donors (Lipinski definition) is 1. The SMILES string of the molecule is COc1ccc(F)c(NC(C)Cc2ccc(Br)cc2)c1. The van der Waals surface area contributed by atoms with Crippen molar-refractivity contribution in [2.75, 3.05) is 12.4 Å². The summed E-state index contributed by atoms with van der Waals surface area (Å²) >= 11 is 3.41. The lowest BCUT2D eigenvalue weighted by Gasteiger charge is -2.16. The monoisotopic (exact) mass is 337 g/mol. The second-order valence-corrected chi connectivity index (χ2v) is 5.64. The van der Waals surface area contributed by atoms with Crippen LogP contribution in [0.15, 0.2) is 46.9 Å². The fourth-order valence-corrected chi connectivity index (χ4v) is 2.30. The molecule has 20 heavy (non-hydrogen) atoms. The maximum Gasteiger partial charge on any atom is 0.146 e. The van der Waals surface area contributed by atoms with Crippen molar-refractivity contribution in [1.82, 2.24) is 0 Å². The molecule has 0 spiro atoms. The Morgan fingerprint density at radius 1 is 1.20 bits per heavy atom. The Bertz CT molecular complexity index is 571. The molecule has 0 saturated heterocycles. The Morgan fingerprint density at radius 3 is 2.55 bits per heavy atom. The molecule has 2 aromatic rings. The predicted molar refractivity (Wildman–Crippen MR) is 83.9 cm³/mol. The van der Waals surface area contributed by atoms with Crippen LogP contribution in [-0.2, 0) is 6.42 Å². The van der Waals surface area contributed by atoms with Crippen LogP contribution in [0, 0.1) is 5.82 Å². The molecular formula is C16H17BrFNO. The van der Waals surface area contributed by atoms with Crippen molar-refractivity contribution < 1.29 is 9.13 Å². The molecule has 0 amide bonds. The van der Waals surface area contributed by atoms with Crippen LogP contribution >= 0.6 is 15.9 Å². The van der Waals surface area contributed by atoms with E-state index in [-0.39, 0.29) is 11.9 Å². The van der Waals surface area contributed by atoms with Crippen LogP contribution in [0.5, 0.6) is 5.75 Å². The average Bonchev–Trinajstić information content (AvgIpc) is 2.44. The zero-order valence-electron chi connectivity index (χ0n) is 11.5. The number of methoxy groups -OCH3 is 1. The van der Waals surface area contributed by atoms with E-state index < -0.39 is 0 Å². The fourth-order valence-electron chi connectivity index (χ4n) is 2.03. The second-order valence-electron chi connectivity index (χ2n) is 4.72. The number of ether oxygens (including phenoxy) is 1. The van der Waals surface area contributed by atoms with E-state index in [1.165, 1.54) is 11.6 Å². The van der Waals surface area contributed by atoms with Gasteiger partial charge in [0.15, 0.2) is 0 Å². The van der Waals surface area contributed by atoms with Crippen LogP contribution < -0.4 is 10.1 Å². The molecule has 2 nitrogen and oxygen atoms in total. The van der Waals surface area contributed by atoms with E-state index in [0.29, 0.717) is 11.4 Å². The second kappa shape index (κ2) is 6.75. The van der Waals surface area contributed by atoms with E-state index in [1.807, 2.05) is 19.1 Å². The number of anilines is 1. The van der Waals surface area contributed by atoms with Gasteiger partial charge in [-0.2, -0.15) is 0 Å². The highest BCUT2D eigenvalue weighted by molar-refractivity contribution is 9.10. The van der Waals surface area contributed by atoms with E-state index in [0.717, 1.165) is 10.9 Å². The first kappa shape index (κ1) is 14.9. The molecule has 2 aromatic carbocycles. The Labute approximate surface area is 127 Å². The predicted octanol–water partition coefficient (Wildman–Crippen LogP) is 4.64. The van der Waals surface area contributed by atoms with Crippen LogP contribution in [0.25, 0.3) is 0 Å². The summed E-state index contributed by atoms with van der Waals surface area (Å²) in [5, 5.41) is 3.18. The molecule has 1 unspecified atom stereocenters. The van der Waals surface area contributed by atoms with Crippen LogP contribution in [0.1, 0.15) is 12.5 Å². The van der Waals surface area contributed by atoms with Gasteiger partial charge in [0.05, 0.1) is 12.8 Å². The Kier molecular flexibility index (Phi) is 5.01. The number of hydrogen-bond acceptors (Lipinski definition) is 2. The van der Waals surface area contributed by atoms with Crippen molar-refractivity contribution in [3.63, 3.8) is 0 Å². The molecule has 0 heterocycles. The Balaban J connectivity index is 2.04. The number of nitrogens with one attached hydrogen (secondary N) is 1. The highest BCUT2D eigenvalue weighted by atomic mass is 79.9. The van der Waals surface area contributed by atoms with Gasteiger partial charge in [-0.05, 0) is 43.2 Å². The summed E-state index contributed by atoms with van der Waals surface area (Å²) in [7, 11) is 1.57. The van der Waals surface area contributed by atoms with Gasteiger partial charge in [-0.15, -0.1) is 0 Å².